The van der Waals surface area contributed by atoms with Gasteiger partial charge in [-0.25, -0.2) is 0 Å². The molecule has 2 N–H and O–H groups in total. The van der Waals surface area contributed by atoms with Crippen molar-refractivity contribution < 1.29 is 15.1 Å². The van der Waals surface area contributed by atoms with Crippen molar-refractivity contribution in [3.63, 3.8) is 0 Å². The van der Waals surface area contributed by atoms with Gasteiger partial charge in [0.1, 0.15) is 0 Å². The average molecular weight is 196 g/mol. The monoisotopic (exact) mass is 196 g/mol. The Kier molecular flexibility index (Phi) is 3.03. The van der Waals surface area contributed by atoms with Crippen molar-refractivity contribution in [3.8, 4) is 5.75 Å². The summed E-state index contributed by atoms with van der Waals surface area (Å²) in [5, 5.41) is 28.7. The summed E-state index contributed by atoms with van der Waals surface area (Å²) in [5.41, 5.74) is -0.100. The SMILES string of the molecule is C[C](CO)c1cccc(O)c1[N+](=O)[O-]. The maximum absolute atomic E-state index is 10.6. The van der Waals surface area contributed by atoms with Gasteiger partial charge in [-0.3, -0.25) is 10.1 Å². The molecule has 0 aromatic heterocycles. The number of aliphatic hydroxyl groups is 1. The van der Waals surface area contributed by atoms with Crippen LogP contribution in [0.1, 0.15) is 12.5 Å². The number of nitro groups is 1. The van der Waals surface area contributed by atoms with Gasteiger partial charge < -0.3 is 10.2 Å². The van der Waals surface area contributed by atoms with Gasteiger partial charge >= 0.3 is 5.69 Å². The highest BCUT2D eigenvalue weighted by Gasteiger charge is 2.22. The zero-order valence-electron chi connectivity index (χ0n) is 7.60. The molecule has 0 aliphatic rings. The smallest absolute Gasteiger partial charge is 0.314 e. The minimum absolute atomic E-state index is 0.262. The zero-order chi connectivity index (χ0) is 10.7. The summed E-state index contributed by atoms with van der Waals surface area (Å²) in [6.07, 6.45) is 0. The van der Waals surface area contributed by atoms with Crippen LogP contribution in [-0.4, -0.2) is 21.7 Å². The van der Waals surface area contributed by atoms with E-state index in [1.807, 2.05) is 0 Å². The zero-order valence-corrected chi connectivity index (χ0v) is 7.60. The number of phenols is 1. The molecule has 0 heterocycles. The van der Waals surface area contributed by atoms with Crippen molar-refractivity contribution in [2.24, 2.45) is 0 Å². The molecular weight excluding hydrogens is 186 g/mol. The third-order valence-electron chi connectivity index (χ3n) is 1.89. The summed E-state index contributed by atoms with van der Waals surface area (Å²) < 4.78 is 0. The van der Waals surface area contributed by atoms with Gasteiger partial charge in [0, 0.05) is 11.5 Å². The second kappa shape index (κ2) is 4.06. The number of hydrogen-bond acceptors (Lipinski definition) is 4. The number of hydrogen-bond donors (Lipinski definition) is 2. The summed E-state index contributed by atoms with van der Waals surface area (Å²) >= 11 is 0. The molecule has 0 saturated heterocycles. The number of rotatable bonds is 3. The molecule has 1 aromatic rings. The summed E-state index contributed by atoms with van der Waals surface area (Å²) in [7, 11) is 0. The predicted molar refractivity (Wildman–Crippen MR) is 49.9 cm³/mol. The van der Waals surface area contributed by atoms with E-state index in [9.17, 15) is 15.2 Å². The Bertz CT molecular complexity index is 351. The third kappa shape index (κ3) is 1.82. The van der Waals surface area contributed by atoms with Gasteiger partial charge in [-0.2, -0.15) is 0 Å². The van der Waals surface area contributed by atoms with E-state index < -0.39 is 4.92 Å². The molecule has 75 valence electrons. The van der Waals surface area contributed by atoms with Crippen LogP contribution in [0.4, 0.5) is 5.69 Å². The highest BCUT2D eigenvalue weighted by molar-refractivity contribution is 5.56. The molecule has 0 saturated carbocycles. The number of nitro benzene ring substituents is 1. The van der Waals surface area contributed by atoms with E-state index >= 15 is 0 Å². The molecule has 0 fully saturated rings. The summed E-state index contributed by atoms with van der Waals surface area (Å²) in [6, 6.07) is 4.23. The summed E-state index contributed by atoms with van der Waals surface area (Å²) in [5.74, 6) is 0.0629. The average Bonchev–Trinajstić information content (AvgIpc) is 2.15. The van der Waals surface area contributed by atoms with Gasteiger partial charge in [0.15, 0.2) is 5.75 Å². The molecule has 0 bridgehead atoms. The Morgan fingerprint density at radius 1 is 1.57 bits per heavy atom. The maximum atomic E-state index is 10.6. The number of para-hydroxylation sites is 1. The quantitative estimate of drug-likeness (QED) is 0.562. The molecule has 5 nitrogen and oxygen atoms in total. The van der Waals surface area contributed by atoms with Gasteiger partial charge in [0.25, 0.3) is 0 Å². The number of phenolic OH excluding ortho intramolecular Hbond substituents is 1. The Hall–Kier alpha value is -1.62. The highest BCUT2D eigenvalue weighted by atomic mass is 16.6. The Balaban J connectivity index is 3.28. The van der Waals surface area contributed by atoms with E-state index in [1.165, 1.54) is 18.2 Å². The Morgan fingerprint density at radius 2 is 2.21 bits per heavy atom. The van der Waals surface area contributed by atoms with Crippen molar-refractivity contribution in [1.29, 1.82) is 0 Å². The van der Waals surface area contributed by atoms with Crippen LogP contribution in [0.15, 0.2) is 18.2 Å². The minimum atomic E-state index is -0.663. The molecule has 0 amide bonds. The second-order valence-electron chi connectivity index (χ2n) is 2.87. The molecule has 1 rings (SSSR count). The van der Waals surface area contributed by atoms with E-state index in [-0.39, 0.29) is 23.6 Å². The normalized spacial score (nSPS) is 10.5. The molecule has 1 aromatic carbocycles. The lowest BCUT2D eigenvalue weighted by Gasteiger charge is -2.08. The standard InChI is InChI=1S/C9H10NO4/c1-6(5-11)7-3-2-4-8(12)9(7)10(13)14/h2-4,11-12H,5H2,1H3. The van der Waals surface area contributed by atoms with Crippen molar-refractivity contribution in [2.75, 3.05) is 6.61 Å². The van der Waals surface area contributed by atoms with Crippen LogP contribution in [0.3, 0.4) is 0 Å². The van der Waals surface area contributed by atoms with E-state index in [0.29, 0.717) is 5.92 Å². The number of benzene rings is 1. The second-order valence-corrected chi connectivity index (χ2v) is 2.87. The summed E-state index contributed by atoms with van der Waals surface area (Å²) in [4.78, 5) is 9.95. The van der Waals surface area contributed by atoms with Gasteiger partial charge in [-0.15, -0.1) is 0 Å². The Morgan fingerprint density at radius 3 is 2.71 bits per heavy atom. The third-order valence-corrected chi connectivity index (χ3v) is 1.89. The Labute approximate surface area is 80.8 Å². The van der Waals surface area contributed by atoms with Crippen LogP contribution >= 0.6 is 0 Å². The lowest BCUT2D eigenvalue weighted by atomic mass is 10.00. The molecule has 1 radical (unpaired) electrons. The van der Waals surface area contributed by atoms with Crippen LogP contribution in [-0.2, 0) is 0 Å². The first-order valence-corrected chi connectivity index (χ1v) is 3.98. The van der Waals surface area contributed by atoms with E-state index in [0.717, 1.165) is 0 Å². The van der Waals surface area contributed by atoms with E-state index in [2.05, 4.69) is 0 Å². The van der Waals surface area contributed by atoms with Gasteiger partial charge in [0.05, 0.1) is 11.5 Å². The fraction of sp³-hybridized carbons (Fsp3) is 0.222. The summed E-state index contributed by atoms with van der Waals surface area (Å²) in [6.45, 7) is 1.30. The molecule has 5 heteroatoms. The first-order chi connectivity index (χ1) is 6.57. The van der Waals surface area contributed by atoms with Crippen LogP contribution in [0.5, 0.6) is 5.75 Å². The van der Waals surface area contributed by atoms with Crippen molar-refractivity contribution in [2.45, 2.75) is 6.92 Å². The van der Waals surface area contributed by atoms with Gasteiger partial charge in [0.2, 0.25) is 0 Å². The number of aromatic hydroxyl groups is 1. The molecule has 0 aliphatic carbocycles. The minimum Gasteiger partial charge on any atom is -0.502 e. The van der Waals surface area contributed by atoms with Crippen LogP contribution in [0.25, 0.3) is 0 Å². The first kappa shape index (κ1) is 10.5. The molecular formula is C9H10NO4. The predicted octanol–water partition coefficient (Wildman–Crippen LogP) is 1.24. The van der Waals surface area contributed by atoms with Crippen LogP contribution in [0.2, 0.25) is 0 Å². The lowest BCUT2D eigenvalue weighted by Crippen LogP contribution is -2.04. The van der Waals surface area contributed by atoms with Crippen LogP contribution < -0.4 is 0 Å². The fourth-order valence-electron chi connectivity index (χ4n) is 1.15. The van der Waals surface area contributed by atoms with Gasteiger partial charge in [-0.05, 0) is 6.07 Å². The fourth-order valence-corrected chi connectivity index (χ4v) is 1.15. The molecule has 0 aliphatic heterocycles. The van der Waals surface area contributed by atoms with E-state index in [4.69, 9.17) is 5.11 Å². The van der Waals surface area contributed by atoms with Crippen LogP contribution in [0, 0.1) is 16.0 Å². The topological polar surface area (TPSA) is 83.6 Å². The number of nitrogens with zero attached hydrogens (tertiary/aromatic N) is 1. The lowest BCUT2D eigenvalue weighted by molar-refractivity contribution is -0.386. The maximum Gasteiger partial charge on any atom is 0.314 e. The molecule has 0 unspecified atom stereocenters. The van der Waals surface area contributed by atoms with Crippen molar-refractivity contribution >= 4 is 5.69 Å². The number of aliphatic hydroxyl groups excluding tert-OH is 1. The largest absolute Gasteiger partial charge is 0.502 e. The van der Waals surface area contributed by atoms with E-state index in [1.54, 1.807) is 6.92 Å². The molecule has 0 spiro atoms. The highest BCUT2D eigenvalue weighted by Crippen LogP contribution is 2.33. The van der Waals surface area contributed by atoms with Crippen molar-refractivity contribution in [3.05, 3.63) is 39.8 Å². The molecule has 14 heavy (non-hydrogen) atoms. The van der Waals surface area contributed by atoms with Crippen molar-refractivity contribution in [1.82, 2.24) is 0 Å². The molecule has 0 atom stereocenters. The first-order valence-electron chi connectivity index (χ1n) is 3.98. The van der Waals surface area contributed by atoms with Gasteiger partial charge in [-0.1, -0.05) is 19.1 Å².